The third-order valence-corrected chi connectivity index (χ3v) is 3.91. The second-order valence-corrected chi connectivity index (χ2v) is 6.39. The molecule has 0 heterocycles. The Morgan fingerprint density at radius 2 is 1.83 bits per heavy atom. The van der Waals surface area contributed by atoms with E-state index in [0.717, 1.165) is 5.56 Å². The van der Waals surface area contributed by atoms with Crippen LogP contribution in [0.25, 0.3) is 0 Å². The summed E-state index contributed by atoms with van der Waals surface area (Å²) in [7, 11) is 3.53. The van der Waals surface area contributed by atoms with Gasteiger partial charge in [0.25, 0.3) is 0 Å². The van der Waals surface area contributed by atoms with Crippen LogP contribution in [0.3, 0.4) is 0 Å². The number of anilines is 1. The largest absolute Gasteiger partial charge is 0.495 e. The molecule has 6 heteroatoms. The molecule has 2 rings (SSSR count). The Bertz CT molecular complexity index is 687. The number of halogens is 2. The number of nitrogens with zero attached hydrogens (tertiary/aromatic N) is 1. The summed E-state index contributed by atoms with van der Waals surface area (Å²) in [6.07, 6.45) is 0.378. The van der Waals surface area contributed by atoms with Gasteiger partial charge in [0, 0.05) is 29.6 Å². The van der Waals surface area contributed by atoms with Crippen molar-refractivity contribution < 1.29 is 9.53 Å². The molecule has 0 bridgehead atoms. The van der Waals surface area contributed by atoms with Crippen molar-refractivity contribution in [3.63, 3.8) is 0 Å². The molecule has 0 aliphatic carbocycles. The Hall–Kier alpha value is -1.75. The summed E-state index contributed by atoms with van der Waals surface area (Å²) in [5.74, 6) is 0.586. The number of rotatable bonds is 7. The minimum absolute atomic E-state index is 0.0597. The highest BCUT2D eigenvalue weighted by atomic mass is 35.5. The number of nitrogens with one attached hydrogen (secondary N) is 1. The number of methoxy groups -OCH3 is 1. The predicted molar refractivity (Wildman–Crippen MR) is 99.0 cm³/mol. The van der Waals surface area contributed by atoms with E-state index in [0.29, 0.717) is 41.0 Å². The molecule has 0 saturated carbocycles. The maximum absolute atomic E-state index is 12.1. The zero-order valence-electron chi connectivity index (χ0n) is 13.7. The number of carbonyl (C=O) groups excluding carboxylic acids is 1. The van der Waals surface area contributed by atoms with E-state index in [1.54, 1.807) is 13.2 Å². The average Bonchev–Trinajstić information content (AvgIpc) is 2.52. The van der Waals surface area contributed by atoms with Crippen molar-refractivity contribution in [1.82, 2.24) is 4.90 Å². The standard InChI is InChI=1S/C18H20Cl2N2O2/c1-22(12-13-9-14(19)11-15(20)10-13)8-7-18(23)21-16-5-3-4-6-17(16)24-2/h3-6,9-11H,7-8,12H2,1-2H3,(H,21,23). The van der Waals surface area contributed by atoms with Crippen LogP contribution in [0.4, 0.5) is 5.69 Å². The number of para-hydroxylation sites is 2. The monoisotopic (exact) mass is 366 g/mol. The predicted octanol–water partition coefficient (Wildman–Crippen LogP) is 4.46. The Labute approximate surface area is 152 Å². The first-order chi connectivity index (χ1) is 11.5. The maximum Gasteiger partial charge on any atom is 0.225 e. The minimum Gasteiger partial charge on any atom is -0.495 e. The fourth-order valence-electron chi connectivity index (χ4n) is 2.35. The average molecular weight is 367 g/mol. The smallest absolute Gasteiger partial charge is 0.225 e. The molecule has 24 heavy (non-hydrogen) atoms. The fourth-order valence-corrected chi connectivity index (χ4v) is 2.92. The van der Waals surface area contributed by atoms with Crippen molar-refractivity contribution in [3.8, 4) is 5.75 Å². The van der Waals surface area contributed by atoms with E-state index in [4.69, 9.17) is 27.9 Å². The van der Waals surface area contributed by atoms with Gasteiger partial charge in [-0.3, -0.25) is 4.79 Å². The highest BCUT2D eigenvalue weighted by molar-refractivity contribution is 6.34. The van der Waals surface area contributed by atoms with Gasteiger partial charge in [-0.15, -0.1) is 0 Å². The summed E-state index contributed by atoms with van der Waals surface area (Å²) < 4.78 is 5.22. The molecule has 0 aliphatic rings. The van der Waals surface area contributed by atoms with Crippen LogP contribution in [0.15, 0.2) is 42.5 Å². The normalized spacial score (nSPS) is 10.7. The third-order valence-electron chi connectivity index (χ3n) is 3.48. The topological polar surface area (TPSA) is 41.6 Å². The molecule has 1 N–H and O–H groups in total. The molecule has 2 aromatic carbocycles. The molecule has 2 aromatic rings. The van der Waals surface area contributed by atoms with Crippen molar-refractivity contribution in [3.05, 3.63) is 58.1 Å². The summed E-state index contributed by atoms with van der Waals surface area (Å²) in [6, 6.07) is 12.8. The fraction of sp³-hybridized carbons (Fsp3) is 0.278. The number of benzene rings is 2. The molecule has 0 saturated heterocycles. The van der Waals surface area contributed by atoms with Gasteiger partial charge in [0.2, 0.25) is 5.91 Å². The summed E-state index contributed by atoms with van der Waals surface area (Å²) in [5, 5.41) is 4.09. The number of amides is 1. The van der Waals surface area contributed by atoms with Gasteiger partial charge in [-0.1, -0.05) is 35.3 Å². The van der Waals surface area contributed by atoms with E-state index in [1.165, 1.54) is 0 Å². The molecular formula is C18H20Cl2N2O2. The Morgan fingerprint density at radius 3 is 2.50 bits per heavy atom. The van der Waals surface area contributed by atoms with Crippen molar-refractivity contribution >= 4 is 34.8 Å². The van der Waals surface area contributed by atoms with Crippen LogP contribution in [-0.2, 0) is 11.3 Å². The van der Waals surface area contributed by atoms with Gasteiger partial charge >= 0.3 is 0 Å². The Balaban J connectivity index is 1.84. The molecule has 0 fully saturated rings. The zero-order chi connectivity index (χ0) is 17.5. The summed E-state index contributed by atoms with van der Waals surface area (Å²) in [4.78, 5) is 14.2. The van der Waals surface area contributed by atoms with E-state index < -0.39 is 0 Å². The quantitative estimate of drug-likeness (QED) is 0.786. The molecule has 0 radical (unpaired) electrons. The second kappa shape index (κ2) is 8.92. The molecular weight excluding hydrogens is 347 g/mol. The summed E-state index contributed by atoms with van der Waals surface area (Å²) in [5.41, 5.74) is 1.69. The summed E-state index contributed by atoms with van der Waals surface area (Å²) >= 11 is 12.0. The molecule has 1 amide bonds. The van der Waals surface area contributed by atoms with Gasteiger partial charge in [-0.2, -0.15) is 0 Å². The van der Waals surface area contributed by atoms with Crippen LogP contribution < -0.4 is 10.1 Å². The van der Waals surface area contributed by atoms with Gasteiger partial charge in [0.05, 0.1) is 12.8 Å². The maximum atomic E-state index is 12.1. The minimum atomic E-state index is -0.0597. The first-order valence-electron chi connectivity index (χ1n) is 7.54. The van der Waals surface area contributed by atoms with Gasteiger partial charge in [-0.25, -0.2) is 0 Å². The molecule has 0 unspecified atom stereocenters. The van der Waals surface area contributed by atoms with Crippen LogP contribution in [0, 0.1) is 0 Å². The number of hydrogen-bond acceptors (Lipinski definition) is 3. The third kappa shape index (κ3) is 5.71. The van der Waals surface area contributed by atoms with Crippen molar-refractivity contribution in [1.29, 1.82) is 0 Å². The number of hydrogen-bond donors (Lipinski definition) is 1. The first kappa shape index (κ1) is 18.6. The van der Waals surface area contributed by atoms with E-state index in [2.05, 4.69) is 5.32 Å². The molecule has 128 valence electrons. The molecule has 0 aliphatic heterocycles. The second-order valence-electron chi connectivity index (χ2n) is 5.51. The van der Waals surface area contributed by atoms with Gasteiger partial charge < -0.3 is 15.0 Å². The van der Waals surface area contributed by atoms with E-state index in [-0.39, 0.29) is 5.91 Å². The van der Waals surface area contributed by atoms with Crippen molar-refractivity contribution in [2.75, 3.05) is 26.0 Å². The number of carbonyl (C=O) groups is 1. The van der Waals surface area contributed by atoms with Crippen LogP contribution in [0.5, 0.6) is 5.75 Å². The highest BCUT2D eigenvalue weighted by Crippen LogP contribution is 2.23. The molecule has 4 nitrogen and oxygen atoms in total. The van der Waals surface area contributed by atoms with Gasteiger partial charge in [0.15, 0.2) is 0 Å². The summed E-state index contributed by atoms with van der Waals surface area (Å²) in [6.45, 7) is 1.29. The Morgan fingerprint density at radius 1 is 1.17 bits per heavy atom. The lowest BCUT2D eigenvalue weighted by atomic mass is 10.2. The lowest BCUT2D eigenvalue weighted by molar-refractivity contribution is -0.116. The SMILES string of the molecule is COc1ccccc1NC(=O)CCN(C)Cc1cc(Cl)cc(Cl)c1. The molecule has 0 aromatic heterocycles. The van der Waals surface area contributed by atoms with E-state index in [9.17, 15) is 4.79 Å². The zero-order valence-corrected chi connectivity index (χ0v) is 15.2. The molecule has 0 spiro atoms. The van der Waals surface area contributed by atoms with Gasteiger partial charge in [-0.05, 0) is 42.9 Å². The highest BCUT2D eigenvalue weighted by Gasteiger charge is 2.09. The first-order valence-corrected chi connectivity index (χ1v) is 8.30. The van der Waals surface area contributed by atoms with Crippen molar-refractivity contribution in [2.24, 2.45) is 0 Å². The van der Waals surface area contributed by atoms with Crippen LogP contribution in [0.2, 0.25) is 10.0 Å². The van der Waals surface area contributed by atoms with Crippen molar-refractivity contribution in [2.45, 2.75) is 13.0 Å². The lowest BCUT2D eigenvalue weighted by Gasteiger charge is -2.17. The Kier molecular flexibility index (Phi) is 6.91. The van der Waals surface area contributed by atoms with E-state index in [1.807, 2.05) is 48.3 Å². The van der Waals surface area contributed by atoms with Crippen LogP contribution >= 0.6 is 23.2 Å². The number of ether oxygens (including phenoxy) is 1. The van der Waals surface area contributed by atoms with Crippen LogP contribution in [-0.4, -0.2) is 31.5 Å². The van der Waals surface area contributed by atoms with E-state index >= 15 is 0 Å². The van der Waals surface area contributed by atoms with Gasteiger partial charge in [0.1, 0.15) is 5.75 Å². The van der Waals surface area contributed by atoms with Crippen LogP contribution in [0.1, 0.15) is 12.0 Å². The molecule has 0 atom stereocenters. The lowest BCUT2D eigenvalue weighted by Crippen LogP contribution is -2.24.